The number of carbonyl (C=O) groups excluding carboxylic acids is 2. The second kappa shape index (κ2) is 13.0. The number of carbonyl (C=O) groups is 2. The maximum Gasteiger partial charge on any atom is 0.409 e. The van der Waals surface area contributed by atoms with E-state index in [2.05, 4.69) is 38.0 Å². The van der Waals surface area contributed by atoms with Crippen LogP contribution in [0.3, 0.4) is 0 Å². The fourth-order valence-electron chi connectivity index (χ4n) is 6.41. The summed E-state index contributed by atoms with van der Waals surface area (Å²) in [4.78, 5) is 38.0. The predicted molar refractivity (Wildman–Crippen MR) is 148 cm³/mol. The summed E-state index contributed by atoms with van der Waals surface area (Å²) in [5.74, 6) is -1.27. The number of hydrogen-bond donors (Lipinski definition) is 3. The molecule has 11 nitrogen and oxygen atoms in total. The summed E-state index contributed by atoms with van der Waals surface area (Å²) in [6, 6.07) is 0. The van der Waals surface area contributed by atoms with E-state index in [1.165, 1.54) is 12.8 Å². The molecule has 2 amide bonds. The summed E-state index contributed by atoms with van der Waals surface area (Å²) in [5.41, 5.74) is 5.19. The van der Waals surface area contributed by atoms with Gasteiger partial charge in [0.2, 0.25) is 23.3 Å². The molecule has 4 aliphatic rings. The molecular formula is C27H41ClFN7O4. The minimum atomic E-state index is -0.672. The molecule has 5 rings (SSSR count). The molecule has 0 radical (unpaired) electrons. The van der Waals surface area contributed by atoms with Gasteiger partial charge in [0.05, 0.1) is 18.1 Å². The van der Waals surface area contributed by atoms with Crippen LogP contribution in [0.25, 0.3) is 0 Å². The fourth-order valence-corrected chi connectivity index (χ4v) is 6.57. The highest BCUT2D eigenvalue weighted by molar-refractivity contribution is 6.28. The monoisotopic (exact) mass is 581 g/mol. The van der Waals surface area contributed by atoms with Crippen LogP contribution in [0, 0.1) is 17.7 Å². The minimum absolute atomic E-state index is 0.0209. The average Bonchev–Trinajstić information content (AvgIpc) is 3.65. The molecule has 1 aromatic rings. The van der Waals surface area contributed by atoms with Crippen molar-refractivity contribution in [3.63, 3.8) is 0 Å². The Labute approximate surface area is 239 Å². The maximum atomic E-state index is 15.5. The topological polar surface area (TPSA) is 121 Å². The lowest BCUT2D eigenvalue weighted by Gasteiger charge is -2.53. The molecule has 13 heteroatoms. The Balaban J connectivity index is 1.18. The minimum Gasteiger partial charge on any atom is -0.420 e. The number of anilines is 2. The lowest BCUT2D eigenvalue weighted by molar-refractivity contribution is -0.127. The first-order chi connectivity index (χ1) is 19.3. The first kappa shape index (κ1) is 29.1. The molecule has 4 fully saturated rings. The van der Waals surface area contributed by atoms with Gasteiger partial charge in [0.15, 0.2) is 11.6 Å². The SMILES string of the molecule is CC1(N2CCCC2)CN(c2nc(Cl)nc(NNC(=O)[C@@H](CNC(=O)OC3CCCCO3)CC3CCCC3)c2F)C1. The van der Waals surface area contributed by atoms with E-state index >= 15 is 4.39 Å². The van der Waals surface area contributed by atoms with Crippen molar-refractivity contribution < 1.29 is 23.5 Å². The van der Waals surface area contributed by atoms with Gasteiger partial charge in [-0.2, -0.15) is 14.4 Å². The third kappa shape index (κ3) is 7.06. The summed E-state index contributed by atoms with van der Waals surface area (Å²) in [6.45, 7) is 6.23. The van der Waals surface area contributed by atoms with Gasteiger partial charge in [-0.05, 0) is 69.6 Å². The number of amides is 2. The van der Waals surface area contributed by atoms with Crippen molar-refractivity contribution in [3.8, 4) is 0 Å². The molecule has 4 heterocycles. The summed E-state index contributed by atoms with van der Waals surface area (Å²) in [5, 5.41) is 2.60. The van der Waals surface area contributed by atoms with Crippen LogP contribution >= 0.6 is 11.6 Å². The number of rotatable bonds is 10. The van der Waals surface area contributed by atoms with Crippen molar-refractivity contribution in [1.82, 2.24) is 25.6 Å². The van der Waals surface area contributed by atoms with E-state index < -0.39 is 24.1 Å². The molecule has 3 N–H and O–H groups in total. The Hall–Kier alpha value is -2.44. The van der Waals surface area contributed by atoms with Crippen molar-refractivity contribution in [2.75, 3.05) is 49.7 Å². The standard InChI is InChI=1S/C27H41ClFN7O4/c1-27(36-11-5-6-12-36)16-35(17-27)23-21(29)22(31-25(28)32-23)33-34-24(37)19(14-18-8-2-3-9-18)15-30-26(38)40-20-10-4-7-13-39-20/h18-20H,2-17H2,1H3,(H,30,38)(H,34,37)(H,31,32,33)/t19-,20?/m1/s1. The molecule has 1 aromatic heterocycles. The van der Waals surface area contributed by atoms with Crippen molar-refractivity contribution in [2.45, 2.75) is 83.0 Å². The van der Waals surface area contributed by atoms with Crippen LogP contribution in [0.15, 0.2) is 0 Å². The molecule has 0 aromatic carbocycles. The Morgan fingerprint density at radius 1 is 1.12 bits per heavy atom. The molecule has 3 saturated heterocycles. The molecule has 1 aliphatic carbocycles. The summed E-state index contributed by atoms with van der Waals surface area (Å²) in [7, 11) is 0. The molecular weight excluding hydrogens is 541 g/mol. The summed E-state index contributed by atoms with van der Waals surface area (Å²) in [6.07, 6.45) is 8.71. The second-order valence-corrected chi connectivity index (χ2v) is 12.1. The molecule has 222 valence electrons. The van der Waals surface area contributed by atoms with E-state index in [0.717, 1.165) is 51.6 Å². The summed E-state index contributed by atoms with van der Waals surface area (Å²) < 4.78 is 26.3. The number of nitrogens with zero attached hydrogens (tertiary/aromatic N) is 4. The quantitative estimate of drug-likeness (QED) is 0.279. The van der Waals surface area contributed by atoms with Gasteiger partial charge in [-0.25, -0.2) is 4.79 Å². The molecule has 0 bridgehead atoms. The average molecular weight is 582 g/mol. The van der Waals surface area contributed by atoms with Crippen molar-refractivity contribution >= 4 is 35.2 Å². The van der Waals surface area contributed by atoms with Gasteiger partial charge in [-0.3, -0.25) is 20.5 Å². The number of alkyl carbamates (subject to hydrolysis) is 1. The molecule has 2 atom stereocenters. The van der Waals surface area contributed by atoms with Crippen LogP contribution < -0.4 is 21.1 Å². The number of hydrazine groups is 1. The van der Waals surface area contributed by atoms with E-state index in [9.17, 15) is 9.59 Å². The maximum absolute atomic E-state index is 15.5. The highest BCUT2D eigenvalue weighted by atomic mass is 35.5. The van der Waals surface area contributed by atoms with Crippen LogP contribution in [0.1, 0.15) is 71.1 Å². The Morgan fingerprint density at radius 3 is 2.55 bits per heavy atom. The van der Waals surface area contributed by atoms with Gasteiger partial charge in [0, 0.05) is 26.1 Å². The first-order valence-corrected chi connectivity index (χ1v) is 15.0. The van der Waals surface area contributed by atoms with Crippen LogP contribution in [0.4, 0.5) is 20.8 Å². The lowest BCUT2D eigenvalue weighted by atomic mass is 9.90. The number of aromatic nitrogens is 2. The predicted octanol–water partition coefficient (Wildman–Crippen LogP) is 3.84. The van der Waals surface area contributed by atoms with Gasteiger partial charge < -0.3 is 19.7 Å². The van der Waals surface area contributed by atoms with Crippen LogP contribution in [-0.4, -0.2) is 78.0 Å². The third-order valence-electron chi connectivity index (χ3n) is 8.68. The lowest BCUT2D eigenvalue weighted by Crippen LogP contribution is -2.68. The largest absolute Gasteiger partial charge is 0.420 e. The van der Waals surface area contributed by atoms with Gasteiger partial charge in [-0.15, -0.1) is 0 Å². The van der Waals surface area contributed by atoms with Crippen molar-refractivity contribution in [1.29, 1.82) is 0 Å². The van der Waals surface area contributed by atoms with E-state index in [0.29, 0.717) is 38.5 Å². The number of hydrogen-bond acceptors (Lipinski definition) is 9. The normalized spacial score (nSPS) is 23.9. The van der Waals surface area contributed by atoms with Crippen LogP contribution in [0.2, 0.25) is 5.28 Å². The smallest absolute Gasteiger partial charge is 0.409 e. The highest BCUT2D eigenvalue weighted by Gasteiger charge is 2.46. The van der Waals surface area contributed by atoms with Gasteiger partial charge in [0.1, 0.15) is 0 Å². The van der Waals surface area contributed by atoms with Crippen LogP contribution in [-0.2, 0) is 14.3 Å². The Bertz CT molecular complexity index is 1040. The zero-order valence-electron chi connectivity index (χ0n) is 23.2. The first-order valence-electron chi connectivity index (χ1n) is 14.7. The van der Waals surface area contributed by atoms with Crippen molar-refractivity contribution in [2.24, 2.45) is 11.8 Å². The van der Waals surface area contributed by atoms with E-state index in [1.54, 1.807) is 0 Å². The van der Waals surface area contributed by atoms with E-state index in [-0.39, 0.29) is 34.9 Å². The molecule has 1 saturated carbocycles. The number of nitrogens with one attached hydrogen (secondary N) is 3. The van der Waals surface area contributed by atoms with Gasteiger partial charge >= 0.3 is 6.09 Å². The van der Waals surface area contributed by atoms with Crippen LogP contribution in [0.5, 0.6) is 0 Å². The van der Waals surface area contributed by atoms with E-state index in [4.69, 9.17) is 21.1 Å². The second-order valence-electron chi connectivity index (χ2n) is 11.8. The Kier molecular flexibility index (Phi) is 9.47. The summed E-state index contributed by atoms with van der Waals surface area (Å²) >= 11 is 6.15. The molecule has 3 aliphatic heterocycles. The third-order valence-corrected chi connectivity index (χ3v) is 8.84. The van der Waals surface area contributed by atoms with Crippen molar-refractivity contribution in [3.05, 3.63) is 11.1 Å². The number of likely N-dealkylation sites (tertiary alicyclic amines) is 1. The van der Waals surface area contributed by atoms with E-state index in [1.807, 2.05) is 4.90 Å². The number of ether oxygens (including phenoxy) is 2. The fraction of sp³-hybridized carbons (Fsp3) is 0.778. The zero-order chi connectivity index (χ0) is 28.1. The highest BCUT2D eigenvalue weighted by Crippen LogP contribution is 2.36. The van der Waals surface area contributed by atoms with Gasteiger partial charge in [0.25, 0.3) is 0 Å². The number of halogens is 2. The molecule has 0 spiro atoms. The van der Waals surface area contributed by atoms with Gasteiger partial charge in [-0.1, -0.05) is 25.7 Å². The molecule has 40 heavy (non-hydrogen) atoms. The molecule has 1 unspecified atom stereocenters. The Morgan fingerprint density at radius 2 is 1.85 bits per heavy atom. The zero-order valence-corrected chi connectivity index (χ0v) is 24.0.